The van der Waals surface area contributed by atoms with Gasteiger partial charge in [-0.15, -0.1) is 0 Å². The van der Waals surface area contributed by atoms with Crippen molar-refractivity contribution in [3.05, 3.63) is 12.2 Å². The minimum absolute atomic E-state index is 0.276. The van der Waals surface area contributed by atoms with Gasteiger partial charge in [0.25, 0.3) is 0 Å². The molecule has 0 aromatic rings. The Morgan fingerprint density at radius 3 is 2.64 bits per heavy atom. The first-order chi connectivity index (χ1) is 5.22. The van der Waals surface area contributed by atoms with Crippen molar-refractivity contribution in [1.29, 1.82) is 0 Å². The van der Waals surface area contributed by atoms with Crippen LogP contribution in [0, 0.1) is 5.92 Å². The van der Waals surface area contributed by atoms with Gasteiger partial charge in [0.1, 0.15) is 6.29 Å². The smallest absolute Gasteiger partial charge is 0.123 e. The molecule has 0 saturated carbocycles. The maximum atomic E-state index is 9.89. The molecule has 0 aliphatic carbocycles. The monoisotopic (exact) mass is 156 g/mol. The third-order valence-corrected chi connectivity index (χ3v) is 1.79. The lowest BCUT2D eigenvalue weighted by Gasteiger charge is -2.11. The molecule has 0 bridgehead atoms. The van der Waals surface area contributed by atoms with Crippen LogP contribution >= 0.6 is 0 Å². The fourth-order valence-corrected chi connectivity index (χ4v) is 0.705. The summed E-state index contributed by atoms with van der Waals surface area (Å²) in [6, 6.07) is 0. The van der Waals surface area contributed by atoms with Crippen LogP contribution in [0.1, 0.15) is 26.7 Å². The van der Waals surface area contributed by atoms with Crippen LogP contribution in [0.4, 0.5) is 0 Å². The predicted octanol–water partition coefficient (Wildman–Crippen LogP) is 1.54. The number of rotatable bonds is 5. The van der Waals surface area contributed by atoms with Crippen LogP contribution in [0.15, 0.2) is 12.2 Å². The summed E-state index contributed by atoms with van der Waals surface area (Å²) in [5.74, 6) is 0.276. The molecule has 0 aromatic carbocycles. The van der Waals surface area contributed by atoms with E-state index < -0.39 is 6.10 Å². The number of hydrogen-bond acceptors (Lipinski definition) is 2. The summed E-state index contributed by atoms with van der Waals surface area (Å²) in [6.07, 6.45) is 5.15. The quantitative estimate of drug-likeness (QED) is 0.484. The minimum Gasteiger partial charge on any atom is -0.389 e. The van der Waals surface area contributed by atoms with Crippen LogP contribution in [0.3, 0.4) is 0 Å². The average molecular weight is 156 g/mol. The molecular weight excluding hydrogens is 140 g/mol. The number of hydrogen-bond donors (Lipinski definition) is 1. The van der Waals surface area contributed by atoms with Crippen molar-refractivity contribution in [2.75, 3.05) is 0 Å². The van der Waals surface area contributed by atoms with Gasteiger partial charge in [0.05, 0.1) is 6.10 Å². The van der Waals surface area contributed by atoms with E-state index in [-0.39, 0.29) is 5.92 Å². The number of carbonyl (C=O) groups excluding carboxylic acids is 1. The van der Waals surface area contributed by atoms with Crippen LogP contribution in [0.5, 0.6) is 0 Å². The van der Waals surface area contributed by atoms with E-state index in [0.717, 1.165) is 12.7 Å². The third kappa shape index (κ3) is 4.73. The van der Waals surface area contributed by atoms with Gasteiger partial charge in [-0.25, -0.2) is 0 Å². The second kappa shape index (κ2) is 6.10. The van der Waals surface area contributed by atoms with E-state index in [0.29, 0.717) is 6.42 Å². The Morgan fingerprint density at radius 2 is 2.18 bits per heavy atom. The average Bonchev–Trinajstić information content (AvgIpc) is 2.03. The first-order valence-corrected chi connectivity index (χ1v) is 4.00. The predicted molar refractivity (Wildman–Crippen MR) is 45.3 cm³/mol. The fraction of sp³-hybridized carbons (Fsp3) is 0.667. The summed E-state index contributed by atoms with van der Waals surface area (Å²) >= 11 is 0. The zero-order chi connectivity index (χ0) is 8.69. The van der Waals surface area contributed by atoms with Crippen molar-refractivity contribution in [2.45, 2.75) is 32.8 Å². The van der Waals surface area contributed by atoms with E-state index in [1.54, 1.807) is 12.2 Å². The minimum atomic E-state index is -0.403. The molecule has 0 amide bonds. The lowest BCUT2D eigenvalue weighted by atomic mass is 10.0. The van der Waals surface area contributed by atoms with E-state index in [1.807, 2.05) is 13.8 Å². The fourth-order valence-electron chi connectivity index (χ4n) is 0.705. The number of aliphatic hydroxyl groups excluding tert-OH is 1. The Balaban J connectivity index is 3.65. The number of carbonyl (C=O) groups is 1. The van der Waals surface area contributed by atoms with Gasteiger partial charge in [-0.3, -0.25) is 0 Å². The molecule has 0 fully saturated rings. The van der Waals surface area contributed by atoms with Crippen molar-refractivity contribution >= 4 is 6.29 Å². The summed E-state index contributed by atoms with van der Waals surface area (Å²) in [5, 5.41) is 9.34. The Kier molecular flexibility index (Phi) is 5.75. The third-order valence-electron chi connectivity index (χ3n) is 1.79. The first kappa shape index (κ1) is 10.4. The lowest BCUT2D eigenvalue weighted by molar-refractivity contribution is -0.107. The topological polar surface area (TPSA) is 37.3 Å². The summed E-state index contributed by atoms with van der Waals surface area (Å²) in [5.41, 5.74) is 0. The van der Waals surface area contributed by atoms with Gasteiger partial charge in [-0.1, -0.05) is 32.4 Å². The van der Waals surface area contributed by atoms with E-state index in [4.69, 9.17) is 0 Å². The summed E-state index contributed by atoms with van der Waals surface area (Å²) in [7, 11) is 0. The molecule has 0 radical (unpaired) electrons. The van der Waals surface area contributed by atoms with Gasteiger partial charge in [0.2, 0.25) is 0 Å². The highest BCUT2D eigenvalue weighted by molar-refractivity contribution is 5.51. The summed E-state index contributed by atoms with van der Waals surface area (Å²) in [6.45, 7) is 4.01. The van der Waals surface area contributed by atoms with Crippen molar-refractivity contribution in [1.82, 2.24) is 0 Å². The highest BCUT2D eigenvalue weighted by Gasteiger charge is 2.06. The van der Waals surface area contributed by atoms with Gasteiger partial charge in [0.15, 0.2) is 0 Å². The highest BCUT2D eigenvalue weighted by Crippen LogP contribution is 2.08. The molecule has 1 N–H and O–H groups in total. The number of aldehydes is 1. The molecule has 2 unspecified atom stereocenters. The highest BCUT2D eigenvalue weighted by atomic mass is 16.3. The Labute approximate surface area is 67.9 Å². The summed E-state index contributed by atoms with van der Waals surface area (Å²) in [4.78, 5) is 9.89. The summed E-state index contributed by atoms with van der Waals surface area (Å²) < 4.78 is 0. The molecule has 2 atom stereocenters. The van der Waals surface area contributed by atoms with E-state index in [1.165, 1.54) is 0 Å². The van der Waals surface area contributed by atoms with Gasteiger partial charge < -0.3 is 9.90 Å². The SMILES string of the molecule is CCC(C)C(O)C=CCC=O. The van der Waals surface area contributed by atoms with Crippen molar-refractivity contribution in [3.8, 4) is 0 Å². The molecule has 2 nitrogen and oxygen atoms in total. The van der Waals surface area contributed by atoms with Gasteiger partial charge in [-0.2, -0.15) is 0 Å². The van der Waals surface area contributed by atoms with Crippen molar-refractivity contribution < 1.29 is 9.90 Å². The molecule has 0 aliphatic rings. The molecule has 0 aromatic heterocycles. The normalized spacial score (nSPS) is 16.6. The zero-order valence-electron chi connectivity index (χ0n) is 7.16. The maximum absolute atomic E-state index is 9.89. The zero-order valence-corrected chi connectivity index (χ0v) is 7.16. The van der Waals surface area contributed by atoms with E-state index >= 15 is 0 Å². The van der Waals surface area contributed by atoms with Crippen molar-refractivity contribution in [2.24, 2.45) is 5.92 Å². The molecule has 0 saturated heterocycles. The van der Waals surface area contributed by atoms with Gasteiger partial charge >= 0.3 is 0 Å². The van der Waals surface area contributed by atoms with Crippen molar-refractivity contribution in [3.63, 3.8) is 0 Å². The number of allylic oxidation sites excluding steroid dienone is 1. The standard InChI is InChI=1S/C9H16O2/c1-3-8(2)9(11)6-4-5-7-10/h4,6-9,11H,3,5H2,1-2H3. The van der Waals surface area contributed by atoms with E-state index in [2.05, 4.69) is 0 Å². The van der Waals surface area contributed by atoms with Gasteiger partial charge in [0, 0.05) is 6.42 Å². The number of aliphatic hydroxyl groups is 1. The molecular formula is C9H16O2. The van der Waals surface area contributed by atoms with Crippen LogP contribution in [0.2, 0.25) is 0 Å². The molecule has 2 heteroatoms. The molecule has 0 heterocycles. The Hall–Kier alpha value is -0.630. The second-order valence-corrected chi connectivity index (χ2v) is 2.71. The largest absolute Gasteiger partial charge is 0.389 e. The lowest BCUT2D eigenvalue weighted by Crippen LogP contribution is -2.13. The second-order valence-electron chi connectivity index (χ2n) is 2.71. The molecule has 0 spiro atoms. The van der Waals surface area contributed by atoms with Crippen LogP contribution in [-0.2, 0) is 4.79 Å². The van der Waals surface area contributed by atoms with Crippen LogP contribution < -0.4 is 0 Å². The van der Waals surface area contributed by atoms with E-state index in [9.17, 15) is 9.90 Å². The Morgan fingerprint density at radius 1 is 1.55 bits per heavy atom. The maximum Gasteiger partial charge on any atom is 0.123 e. The molecule has 11 heavy (non-hydrogen) atoms. The van der Waals surface area contributed by atoms with Gasteiger partial charge in [-0.05, 0) is 5.92 Å². The van der Waals surface area contributed by atoms with Crippen LogP contribution in [0.25, 0.3) is 0 Å². The first-order valence-electron chi connectivity index (χ1n) is 4.00. The molecule has 0 rings (SSSR count). The van der Waals surface area contributed by atoms with Crippen LogP contribution in [-0.4, -0.2) is 17.5 Å². The molecule has 0 aliphatic heterocycles. The Bertz CT molecular complexity index is 130. The molecule has 64 valence electrons.